The van der Waals surface area contributed by atoms with Gasteiger partial charge in [-0.25, -0.2) is 0 Å². The van der Waals surface area contributed by atoms with Crippen LogP contribution in [0.25, 0.3) is 0 Å². The van der Waals surface area contributed by atoms with E-state index in [-0.39, 0.29) is 5.91 Å². The first-order valence-electron chi connectivity index (χ1n) is 5.48. The van der Waals surface area contributed by atoms with Crippen molar-refractivity contribution < 1.29 is 4.79 Å². The van der Waals surface area contributed by atoms with Gasteiger partial charge in [-0.1, -0.05) is 12.1 Å². The van der Waals surface area contributed by atoms with E-state index < -0.39 is 0 Å². The molecule has 2 nitrogen and oxygen atoms in total. The summed E-state index contributed by atoms with van der Waals surface area (Å²) in [5.41, 5.74) is 2.02. The molecule has 0 fully saturated rings. The number of rotatable bonds is 4. The molecule has 0 heterocycles. The van der Waals surface area contributed by atoms with E-state index in [4.69, 9.17) is 0 Å². The first-order chi connectivity index (χ1) is 7.72. The molecule has 0 aliphatic rings. The van der Waals surface area contributed by atoms with Crippen LogP contribution in [0.5, 0.6) is 0 Å². The first-order valence-corrected chi connectivity index (χ1v) is 5.48. The van der Waals surface area contributed by atoms with Crippen LogP contribution in [0.3, 0.4) is 0 Å². The maximum atomic E-state index is 11.5. The molecule has 0 spiro atoms. The van der Waals surface area contributed by atoms with Gasteiger partial charge in [0.2, 0.25) is 5.91 Å². The highest BCUT2D eigenvalue weighted by atomic mass is 16.1. The van der Waals surface area contributed by atoms with Crippen LogP contribution < -0.4 is 5.32 Å². The number of anilines is 1. The minimum absolute atomic E-state index is 0.0588. The van der Waals surface area contributed by atoms with E-state index in [1.165, 1.54) is 0 Å². The quantitative estimate of drug-likeness (QED) is 0.606. The van der Waals surface area contributed by atoms with Gasteiger partial charge in [0.25, 0.3) is 0 Å². The second-order valence-corrected chi connectivity index (χ2v) is 3.70. The van der Waals surface area contributed by atoms with Crippen molar-refractivity contribution >= 4 is 11.6 Å². The molecule has 1 aromatic carbocycles. The maximum absolute atomic E-state index is 11.5. The lowest BCUT2D eigenvalue weighted by atomic mass is 10.2. The van der Waals surface area contributed by atoms with Crippen LogP contribution in [-0.2, 0) is 4.79 Å². The van der Waals surface area contributed by atoms with Crippen LogP contribution in [-0.4, -0.2) is 5.91 Å². The normalized spacial score (nSPS) is 9.12. The Morgan fingerprint density at radius 1 is 1.44 bits per heavy atom. The Bertz CT molecular complexity index is 412. The summed E-state index contributed by atoms with van der Waals surface area (Å²) in [7, 11) is 0. The molecule has 1 rings (SSSR count). The van der Waals surface area contributed by atoms with Crippen molar-refractivity contribution in [1.29, 1.82) is 0 Å². The van der Waals surface area contributed by atoms with Crippen molar-refractivity contribution in [3.8, 4) is 11.8 Å². The van der Waals surface area contributed by atoms with E-state index >= 15 is 0 Å². The van der Waals surface area contributed by atoms with Gasteiger partial charge in [0.05, 0.1) is 0 Å². The zero-order valence-electron chi connectivity index (χ0n) is 9.84. The average Bonchev–Trinajstić information content (AvgIpc) is 2.24. The molecule has 0 aromatic heterocycles. The molecule has 0 radical (unpaired) electrons. The second kappa shape index (κ2) is 6.68. The zero-order chi connectivity index (χ0) is 11.8. The number of aryl methyl sites for hydroxylation is 1. The average molecular weight is 215 g/mol. The predicted octanol–water partition coefficient (Wildman–Crippen LogP) is 3.13. The van der Waals surface area contributed by atoms with Gasteiger partial charge >= 0.3 is 0 Å². The molecule has 84 valence electrons. The fourth-order valence-corrected chi connectivity index (χ4v) is 1.41. The minimum Gasteiger partial charge on any atom is -0.326 e. The van der Waals surface area contributed by atoms with Crippen molar-refractivity contribution in [3.63, 3.8) is 0 Å². The highest BCUT2D eigenvalue weighted by molar-refractivity contribution is 5.90. The van der Waals surface area contributed by atoms with Crippen molar-refractivity contribution in [1.82, 2.24) is 0 Å². The number of carbonyl (C=O) groups is 1. The fraction of sp³-hybridized carbons (Fsp3) is 0.357. The number of carbonyl (C=O) groups excluding carboxylic acids is 1. The van der Waals surface area contributed by atoms with Gasteiger partial charge < -0.3 is 5.32 Å². The van der Waals surface area contributed by atoms with Gasteiger partial charge in [-0.15, -0.1) is 11.8 Å². The number of nitrogens with one attached hydrogen (secondary N) is 1. The van der Waals surface area contributed by atoms with E-state index in [1.54, 1.807) is 0 Å². The second-order valence-electron chi connectivity index (χ2n) is 3.70. The molecule has 1 aromatic rings. The highest BCUT2D eigenvalue weighted by Crippen LogP contribution is 2.10. The standard InChI is InChI=1S/C14H17NO/c1-3-4-5-6-10-14(16)15-13-9-7-8-12(2)11-13/h7-9,11H,5-6,10H2,1-2H3,(H,15,16). The van der Waals surface area contributed by atoms with Crippen molar-refractivity contribution in [2.24, 2.45) is 0 Å². The van der Waals surface area contributed by atoms with Crippen LogP contribution in [0.4, 0.5) is 5.69 Å². The molecule has 1 amide bonds. The summed E-state index contributed by atoms with van der Waals surface area (Å²) in [5.74, 6) is 5.82. The highest BCUT2D eigenvalue weighted by Gasteiger charge is 2.01. The van der Waals surface area contributed by atoms with Gasteiger partial charge in [0.15, 0.2) is 0 Å². The van der Waals surface area contributed by atoms with E-state index in [0.717, 1.165) is 24.1 Å². The Morgan fingerprint density at radius 3 is 2.94 bits per heavy atom. The number of hydrogen-bond donors (Lipinski definition) is 1. The first kappa shape index (κ1) is 12.3. The van der Waals surface area contributed by atoms with E-state index in [1.807, 2.05) is 38.1 Å². The molecular formula is C14H17NO. The Kier molecular flexibility index (Phi) is 5.15. The smallest absolute Gasteiger partial charge is 0.224 e. The Balaban J connectivity index is 2.36. The largest absolute Gasteiger partial charge is 0.326 e. The van der Waals surface area contributed by atoms with Crippen molar-refractivity contribution in [2.45, 2.75) is 33.1 Å². The molecule has 0 unspecified atom stereocenters. The SMILES string of the molecule is CC#CCCCC(=O)Nc1cccc(C)c1. The van der Waals surface area contributed by atoms with Gasteiger partial charge in [-0.3, -0.25) is 4.79 Å². The van der Waals surface area contributed by atoms with Gasteiger partial charge in [0, 0.05) is 18.5 Å². The zero-order valence-corrected chi connectivity index (χ0v) is 9.84. The summed E-state index contributed by atoms with van der Waals surface area (Å²) in [6.07, 6.45) is 2.14. The lowest BCUT2D eigenvalue weighted by Gasteiger charge is -2.04. The van der Waals surface area contributed by atoms with E-state index in [2.05, 4.69) is 17.2 Å². The van der Waals surface area contributed by atoms with Crippen LogP contribution in [0.15, 0.2) is 24.3 Å². The molecule has 1 N–H and O–H groups in total. The molecule has 0 aliphatic heterocycles. The molecule has 16 heavy (non-hydrogen) atoms. The minimum atomic E-state index is 0.0588. The molecule has 2 heteroatoms. The Labute approximate surface area is 97.1 Å². The summed E-state index contributed by atoms with van der Waals surface area (Å²) in [4.78, 5) is 11.5. The third-order valence-corrected chi connectivity index (χ3v) is 2.18. The molecular weight excluding hydrogens is 198 g/mol. The van der Waals surface area contributed by atoms with Gasteiger partial charge in [-0.05, 0) is 38.0 Å². The lowest BCUT2D eigenvalue weighted by Crippen LogP contribution is -2.10. The third kappa shape index (κ3) is 4.65. The summed E-state index contributed by atoms with van der Waals surface area (Å²) in [6.45, 7) is 3.82. The molecule has 0 aliphatic carbocycles. The fourth-order valence-electron chi connectivity index (χ4n) is 1.41. The number of benzene rings is 1. The molecule has 0 saturated carbocycles. The maximum Gasteiger partial charge on any atom is 0.224 e. The van der Waals surface area contributed by atoms with E-state index in [0.29, 0.717) is 6.42 Å². The molecule has 0 atom stereocenters. The number of unbranched alkanes of at least 4 members (excludes halogenated alkanes) is 1. The lowest BCUT2D eigenvalue weighted by molar-refractivity contribution is -0.116. The van der Waals surface area contributed by atoms with Crippen molar-refractivity contribution in [3.05, 3.63) is 29.8 Å². The third-order valence-electron chi connectivity index (χ3n) is 2.18. The van der Waals surface area contributed by atoms with Crippen LogP contribution in [0.2, 0.25) is 0 Å². The predicted molar refractivity (Wildman–Crippen MR) is 67.1 cm³/mol. The topological polar surface area (TPSA) is 29.1 Å². The number of amides is 1. The summed E-state index contributed by atoms with van der Waals surface area (Å²) in [5, 5.41) is 2.87. The van der Waals surface area contributed by atoms with E-state index in [9.17, 15) is 4.79 Å². The van der Waals surface area contributed by atoms with Crippen molar-refractivity contribution in [2.75, 3.05) is 5.32 Å². The Hall–Kier alpha value is -1.75. The van der Waals surface area contributed by atoms with Crippen LogP contribution in [0, 0.1) is 18.8 Å². The number of hydrogen-bond acceptors (Lipinski definition) is 1. The summed E-state index contributed by atoms with van der Waals surface area (Å²) in [6, 6.07) is 7.81. The van der Waals surface area contributed by atoms with Gasteiger partial charge in [0.1, 0.15) is 0 Å². The monoisotopic (exact) mass is 215 g/mol. The molecule has 0 saturated heterocycles. The summed E-state index contributed by atoms with van der Waals surface area (Å²) < 4.78 is 0. The summed E-state index contributed by atoms with van der Waals surface area (Å²) >= 11 is 0. The molecule has 0 bridgehead atoms. The van der Waals surface area contributed by atoms with Crippen LogP contribution >= 0.6 is 0 Å². The van der Waals surface area contributed by atoms with Crippen LogP contribution in [0.1, 0.15) is 31.7 Å². The van der Waals surface area contributed by atoms with Gasteiger partial charge in [-0.2, -0.15) is 0 Å². The Morgan fingerprint density at radius 2 is 2.25 bits per heavy atom.